The number of halogens is 1. The van der Waals surface area contributed by atoms with Crippen molar-refractivity contribution in [3.63, 3.8) is 0 Å². The molecule has 4 rings (SSSR count). The summed E-state index contributed by atoms with van der Waals surface area (Å²) in [7, 11) is 0. The Balaban J connectivity index is 1.82. The molecule has 0 aliphatic carbocycles. The van der Waals surface area contributed by atoms with Crippen molar-refractivity contribution in [3.05, 3.63) is 64.7 Å². The number of fused-ring (bicyclic) bond motifs is 2. The molecule has 1 heterocycles. The minimum Gasteiger partial charge on any atom is -0.444 e. The number of nitrogens with two attached hydrogens (primary N) is 1. The van der Waals surface area contributed by atoms with Crippen LogP contribution in [0.25, 0.3) is 10.8 Å². The molecule has 1 atom stereocenters. The summed E-state index contributed by atoms with van der Waals surface area (Å²) in [5.74, 6) is 0.268. The molecule has 5 heteroatoms. The van der Waals surface area contributed by atoms with Crippen LogP contribution in [0.2, 0.25) is 5.02 Å². The molecular formula is C21H20ClNO3. The van der Waals surface area contributed by atoms with Crippen LogP contribution in [-0.4, -0.2) is 5.11 Å². The van der Waals surface area contributed by atoms with Crippen LogP contribution in [0, 0.1) is 0 Å². The predicted octanol–water partition coefficient (Wildman–Crippen LogP) is 4.95. The highest BCUT2D eigenvalue weighted by Gasteiger charge is 2.40. The van der Waals surface area contributed by atoms with Crippen molar-refractivity contribution >= 4 is 28.1 Å². The largest absolute Gasteiger partial charge is 0.444 e. The molecule has 0 bridgehead atoms. The van der Waals surface area contributed by atoms with Crippen molar-refractivity contribution in [2.24, 2.45) is 0 Å². The van der Waals surface area contributed by atoms with Gasteiger partial charge in [-0.2, -0.15) is 0 Å². The average molecular weight is 370 g/mol. The van der Waals surface area contributed by atoms with Gasteiger partial charge in [0.2, 0.25) is 0 Å². The van der Waals surface area contributed by atoms with Crippen LogP contribution in [0.4, 0.5) is 5.69 Å². The lowest BCUT2D eigenvalue weighted by atomic mass is 9.93. The summed E-state index contributed by atoms with van der Waals surface area (Å²) in [5.41, 5.74) is 7.09. The number of aliphatic hydroxyl groups is 1. The SMILES string of the molecule is CC(C)(O)c1cc2cc3c(cc2cc1N)OC(C)(c1ccccc1Cl)O3. The van der Waals surface area contributed by atoms with Crippen molar-refractivity contribution < 1.29 is 14.6 Å². The van der Waals surface area contributed by atoms with E-state index in [4.69, 9.17) is 26.8 Å². The molecule has 4 nitrogen and oxygen atoms in total. The van der Waals surface area contributed by atoms with Gasteiger partial charge in [-0.1, -0.05) is 23.7 Å². The lowest BCUT2D eigenvalue weighted by molar-refractivity contribution is -0.0678. The first-order chi connectivity index (χ1) is 12.2. The summed E-state index contributed by atoms with van der Waals surface area (Å²) in [6.45, 7) is 5.27. The third kappa shape index (κ3) is 2.66. The Morgan fingerprint density at radius 3 is 2.15 bits per heavy atom. The molecule has 1 aliphatic rings. The zero-order chi connectivity index (χ0) is 18.7. The van der Waals surface area contributed by atoms with E-state index in [2.05, 4.69) is 0 Å². The Morgan fingerprint density at radius 1 is 1.00 bits per heavy atom. The highest BCUT2D eigenvalue weighted by atomic mass is 35.5. The Hall–Kier alpha value is -2.43. The molecule has 3 aromatic rings. The van der Waals surface area contributed by atoms with Crippen molar-refractivity contribution in [2.45, 2.75) is 32.2 Å². The Morgan fingerprint density at radius 2 is 1.58 bits per heavy atom. The average Bonchev–Trinajstić information content (AvgIpc) is 2.87. The molecule has 3 aromatic carbocycles. The molecule has 1 unspecified atom stereocenters. The fraction of sp³-hybridized carbons (Fsp3) is 0.238. The van der Waals surface area contributed by atoms with Crippen molar-refractivity contribution in [1.82, 2.24) is 0 Å². The first kappa shape index (κ1) is 17.0. The molecule has 134 valence electrons. The summed E-state index contributed by atoms with van der Waals surface area (Å²) < 4.78 is 12.2. The van der Waals surface area contributed by atoms with Crippen LogP contribution in [0.3, 0.4) is 0 Å². The van der Waals surface area contributed by atoms with Crippen molar-refractivity contribution in [3.8, 4) is 11.5 Å². The number of benzene rings is 3. The van der Waals surface area contributed by atoms with Crippen LogP contribution in [0.15, 0.2) is 48.5 Å². The zero-order valence-corrected chi connectivity index (χ0v) is 15.6. The number of hydrogen-bond donors (Lipinski definition) is 2. The van der Waals surface area contributed by atoms with Crippen LogP contribution in [-0.2, 0) is 11.4 Å². The Bertz CT molecular complexity index is 1030. The maximum absolute atomic E-state index is 10.3. The van der Waals surface area contributed by atoms with Crippen LogP contribution < -0.4 is 15.2 Å². The van der Waals surface area contributed by atoms with Gasteiger partial charge in [0.1, 0.15) is 0 Å². The van der Waals surface area contributed by atoms with E-state index in [1.54, 1.807) is 13.8 Å². The van der Waals surface area contributed by atoms with Crippen LogP contribution in [0.1, 0.15) is 31.9 Å². The highest BCUT2D eigenvalue weighted by Crippen LogP contribution is 2.47. The molecular weight excluding hydrogens is 350 g/mol. The number of anilines is 1. The third-order valence-electron chi connectivity index (χ3n) is 4.70. The minimum absolute atomic E-state index is 0.540. The Kier molecular flexibility index (Phi) is 3.62. The standard InChI is InChI=1S/C21H20ClNO3/c1-20(2,24)15-8-12-10-18-19(11-13(12)9-17(15)23)26-21(3,25-18)14-6-4-5-7-16(14)22/h4-11,24H,23H2,1-3H3. The second-order valence-corrected chi connectivity index (χ2v) is 7.68. The van der Waals surface area contributed by atoms with E-state index < -0.39 is 11.4 Å². The fourth-order valence-corrected chi connectivity index (χ4v) is 3.70. The first-order valence-corrected chi connectivity index (χ1v) is 8.78. The van der Waals surface area contributed by atoms with Gasteiger partial charge in [0, 0.05) is 18.2 Å². The van der Waals surface area contributed by atoms with E-state index in [-0.39, 0.29) is 0 Å². The highest BCUT2D eigenvalue weighted by molar-refractivity contribution is 6.31. The fourth-order valence-electron chi connectivity index (χ4n) is 3.39. The topological polar surface area (TPSA) is 64.7 Å². The molecule has 0 spiro atoms. The maximum atomic E-state index is 10.3. The zero-order valence-electron chi connectivity index (χ0n) is 14.8. The molecule has 0 saturated heterocycles. The van der Waals surface area contributed by atoms with E-state index in [1.807, 2.05) is 55.5 Å². The smallest absolute Gasteiger partial charge is 0.276 e. The lowest BCUT2D eigenvalue weighted by Crippen LogP contribution is -2.31. The van der Waals surface area contributed by atoms with Gasteiger partial charge in [0.25, 0.3) is 5.79 Å². The quantitative estimate of drug-likeness (QED) is 0.627. The summed E-state index contributed by atoms with van der Waals surface area (Å²) in [6, 6.07) is 15.0. The molecule has 0 saturated carbocycles. The summed E-state index contributed by atoms with van der Waals surface area (Å²) in [5, 5.41) is 12.8. The van der Waals surface area contributed by atoms with Gasteiger partial charge in [0.15, 0.2) is 11.5 Å². The molecule has 1 aliphatic heterocycles. The first-order valence-electron chi connectivity index (χ1n) is 8.40. The van der Waals surface area contributed by atoms with Gasteiger partial charge in [-0.25, -0.2) is 0 Å². The summed E-state index contributed by atoms with van der Waals surface area (Å²) in [4.78, 5) is 0. The number of nitrogen functional groups attached to an aromatic ring is 1. The van der Waals surface area contributed by atoms with Crippen LogP contribution in [0.5, 0.6) is 11.5 Å². The van der Waals surface area contributed by atoms with Gasteiger partial charge in [-0.15, -0.1) is 0 Å². The number of ether oxygens (including phenoxy) is 2. The lowest BCUT2D eigenvalue weighted by Gasteiger charge is -2.24. The van der Waals surface area contributed by atoms with E-state index >= 15 is 0 Å². The van der Waals surface area contributed by atoms with Gasteiger partial charge in [-0.3, -0.25) is 0 Å². The summed E-state index contributed by atoms with van der Waals surface area (Å²) >= 11 is 6.33. The molecule has 0 aromatic heterocycles. The van der Waals surface area contributed by atoms with Crippen molar-refractivity contribution in [1.29, 1.82) is 0 Å². The number of hydrogen-bond acceptors (Lipinski definition) is 4. The predicted molar refractivity (Wildman–Crippen MR) is 104 cm³/mol. The minimum atomic E-state index is -1.03. The monoisotopic (exact) mass is 369 g/mol. The molecule has 3 N–H and O–H groups in total. The molecule has 0 fully saturated rings. The molecule has 26 heavy (non-hydrogen) atoms. The van der Waals surface area contributed by atoms with Gasteiger partial charge in [0.05, 0.1) is 16.2 Å². The second kappa shape index (κ2) is 5.53. The van der Waals surface area contributed by atoms with Gasteiger partial charge >= 0.3 is 0 Å². The van der Waals surface area contributed by atoms with Crippen LogP contribution >= 0.6 is 11.6 Å². The summed E-state index contributed by atoms with van der Waals surface area (Å²) in [6.07, 6.45) is 0. The third-order valence-corrected chi connectivity index (χ3v) is 5.03. The number of rotatable bonds is 2. The van der Waals surface area contributed by atoms with Crippen molar-refractivity contribution in [2.75, 3.05) is 5.73 Å². The van der Waals surface area contributed by atoms with E-state index in [1.165, 1.54) is 0 Å². The Labute approximate surface area is 157 Å². The second-order valence-electron chi connectivity index (χ2n) is 7.27. The normalized spacial score (nSPS) is 19.1. The molecule has 0 radical (unpaired) electrons. The maximum Gasteiger partial charge on any atom is 0.276 e. The van der Waals surface area contributed by atoms with E-state index in [0.29, 0.717) is 27.8 Å². The van der Waals surface area contributed by atoms with Gasteiger partial charge < -0.3 is 20.3 Å². The van der Waals surface area contributed by atoms with E-state index in [9.17, 15) is 5.11 Å². The van der Waals surface area contributed by atoms with Gasteiger partial charge in [-0.05, 0) is 61.0 Å². The van der Waals surface area contributed by atoms with E-state index in [0.717, 1.165) is 16.3 Å². The molecule has 0 amide bonds.